The molecule has 0 aromatic heterocycles. The predicted molar refractivity (Wildman–Crippen MR) is 91.8 cm³/mol. The summed E-state index contributed by atoms with van der Waals surface area (Å²) in [6, 6.07) is 16.8. The maximum atomic E-state index is 6.27. The van der Waals surface area contributed by atoms with E-state index in [-0.39, 0.29) is 6.04 Å². The Labute approximate surface area is 135 Å². The normalized spacial score (nSPS) is 12.1. The highest BCUT2D eigenvalue weighted by Gasteiger charge is 2.09. The van der Waals surface area contributed by atoms with Gasteiger partial charge in [0.15, 0.2) is 0 Å². The molecule has 0 saturated carbocycles. The summed E-state index contributed by atoms with van der Waals surface area (Å²) in [5.74, 6) is 0.914. The summed E-state index contributed by atoms with van der Waals surface area (Å²) in [5, 5.41) is 0. The molecule has 2 aromatic carbocycles. The third-order valence-electron chi connectivity index (χ3n) is 3.61. The van der Waals surface area contributed by atoms with Crippen molar-refractivity contribution in [1.29, 1.82) is 0 Å². The lowest BCUT2D eigenvalue weighted by atomic mass is 9.99. The molecule has 0 radical (unpaired) electrons. The molecule has 0 bridgehead atoms. The predicted octanol–water partition coefficient (Wildman–Crippen LogP) is 4.35. The highest BCUT2D eigenvalue weighted by molar-refractivity contribution is 9.10. The molecule has 0 fully saturated rings. The Kier molecular flexibility index (Phi) is 6.27. The minimum absolute atomic E-state index is 0.164. The van der Waals surface area contributed by atoms with Gasteiger partial charge in [-0.1, -0.05) is 46.3 Å². The van der Waals surface area contributed by atoms with Gasteiger partial charge in [-0.05, 0) is 55.0 Å². The van der Waals surface area contributed by atoms with Gasteiger partial charge in [-0.2, -0.15) is 0 Å². The summed E-state index contributed by atoms with van der Waals surface area (Å²) in [6.45, 7) is 0. The Hall–Kier alpha value is -1.32. The third kappa shape index (κ3) is 5.18. The van der Waals surface area contributed by atoms with E-state index in [0.717, 1.165) is 35.9 Å². The van der Waals surface area contributed by atoms with Crippen LogP contribution in [0.1, 0.15) is 24.0 Å². The van der Waals surface area contributed by atoms with Crippen LogP contribution in [-0.4, -0.2) is 13.2 Å². The molecule has 2 aromatic rings. The monoisotopic (exact) mass is 347 g/mol. The zero-order valence-corrected chi connectivity index (χ0v) is 14.0. The Morgan fingerprint density at radius 1 is 1.14 bits per heavy atom. The molecule has 2 rings (SSSR count). The van der Waals surface area contributed by atoms with Crippen molar-refractivity contribution in [3.05, 3.63) is 64.1 Å². The molecule has 3 heteroatoms. The van der Waals surface area contributed by atoms with Crippen molar-refractivity contribution >= 4 is 15.9 Å². The summed E-state index contributed by atoms with van der Waals surface area (Å²) in [5.41, 5.74) is 8.82. The van der Waals surface area contributed by atoms with Crippen LogP contribution < -0.4 is 10.5 Å². The van der Waals surface area contributed by atoms with Crippen molar-refractivity contribution in [3.8, 4) is 5.75 Å². The lowest BCUT2D eigenvalue weighted by Gasteiger charge is -2.14. The zero-order valence-electron chi connectivity index (χ0n) is 12.4. The molecule has 0 amide bonds. The summed E-state index contributed by atoms with van der Waals surface area (Å²) in [4.78, 5) is 0. The highest BCUT2D eigenvalue weighted by atomic mass is 79.9. The maximum absolute atomic E-state index is 6.27. The van der Waals surface area contributed by atoms with E-state index in [9.17, 15) is 0 Å². The van der Waals surface area contributed by atoms with Gasteiger partial charge in [0.1, 0.15) is 5.75 Å². The largest absolute Gasteiger partial charge is 0.496 e. The molecule has 1 atom stereocenters. The number of methoxy groups -OCH3 is 1. The number of nitrogens with two attached hydrogens (primary N) is 1. The van der Waals surface area contributed by atoms with Crippen molar-refractivity contribution in [1.82, 2.24) is 0 Å². The van der Waals surface area contributed by atoms with E-state index in [4.69, 9.17) is 10.5 Å². The minimum Gasteiger partial charge on any atom is -0.496 e. The average molecular weight is 348 g/mol. The van der Waals surface area contributed by atoms with Crippen LogP contribution in [0.2, 0.25) is 0 Å². The van der Waals surface area contributed by atoms with E-state index in [1.807, 2.05) is 12.1 Å². The fourth-order valence-electron chi connectivity index (χ4n) is 2.50. The van der Waals surface area contributed by atoms with Crippen LogP contribution in [0.15, 0.2) is 53.0 Å². The Balaban J connectivity index is 1.84. The molecule has 0 aliphatic carbocycles. The molecule has 112 valence electrons. The van der Waals surface area contributed by atoms with Gasteiger partial charge in [-0.15, -0.1) is 0 Å². The van der Waals surface area contributed by atoms with Crippen LogP contribution in [0, 0.1) is 0 Å². The summed E-state index contributed by atoms with van der Waals surface area (Å²) < 4.78 is 6.46. The van der Waals surface area contributed by atoms with E-state index < -0.39 is 0 Å². The van der Waals surface area contributed by atoms with Gasteiger partial charge in [0.2, 0.25) is 0 Å². The molecule has 21 heavy (non-hydrogen) atoms. The van der Waals surface area contributed by atoms with Gasteiger partial charge in [-0.3, -0.25) is 0 Å². The molecule has 1 unspecified atom stereocenters. The first kappa shape index (κ1) is 16.1. The van der Waals surface area contributed by atoms with Gasteiger partial charge < -0.3 is 10.5 Å². The van der Waals surface area contributed by atoms with Crippen LogP contribution in [0.3, 0.4) is 0 Å². The maximum Gasteiger partial charge on any atom is 0.122 e. The fourth-order valence-corrected chi connectivity index (χ4v) is 2.91. The smallest absolute Gasteiger partial charge is 0.122 e. The lowest BCUT2D eigenvalue weighted by molar-refractivity contribution is 0.407. The van der Waals surface area contributed by atoms with Crippen molar-refractivity contribution in [3.63, 3.8) is 0 Å². The zero-order chi connectivity index (χ0) is 15.1. The van der Waals surface area contributed by atoms with Crippen LogP contribution in [-0.2, 0) is 12.8 Å². The summed E-state index contributed by atoms with van der Waals surface area (Å²) in [7, 11) is 1.70. The first-order valence-corrected chi connectivity index (χ1v) is 8.10. The van der Waals surface area contributed by atoms with E-state index in [2.05, 4.69) is 52.3 Å². The third-order valence-corrected chi connectivity index (χ3v) is 4.10. The first-order chi connectivity index (χ1) is 10.2. The Morgan fingerprint density at radius 2 is 1.90 bits per heavy atom. The van der Waals surface area contributed by atoms with Crippen LogP contribution in [0.25, 0.3) is 0 Å². The van der Waals surface area contributed by atoms with E-state index in [0.29, 0.717) is 0 Å². The molecule has 0 spiro atoms. The van der Waals surface area contributed by atoms with Gasteiger partial charge in [0, 0.05) is 10.5 Å². The standard InChI is InChI=1S/C18H22BrNO/c1-21-18-11-10-16(19)12-15(18)13-17(20)9-5-8-14-6-3-2-4-7-14/h2-4,6-7,10-12,17H,5,8-9,13,20H2,1H3. The molecule has 2 nitrogen and oxygen atoms in total. The highest BCUT2D eigenvalue weighted by Crippen LogP contribution is 2.24. The number of hydrogen-bond acceptors (Lipinski definition) is 2. The summed E-state index contributed by atoms with van der Waals surface area (Å²) in [6.07, 6.45) is 4.06. The number of hydrogen-bond donors (Lipinski definition) is 1. The molecule has 0 aliphatic rings. The molecule has 2 N–H and O–H groups in total. The average Bonchev–Trinajstić information content (AvgIpc) is 2.48. The van der Waals surface area contributed by atoms with Gasteiger partial charge >= 0.3 is 0 Å². The van der Waals surface area contributed by atoms with Gasteiger partial charge in [0.25, 0.3) is 0 Å². The fraction of sp³-hybridized carbons (Fsp3) is 0.333. The second kappa shape index (κ2) is 8.20. The Bertz CT molecular complexity index is 556. The quantitative estimate of drug-likeness (QED) is 0.807. The molecule has 0 saturated heterocycles. The number of ether oxygens (including phenoxy) is 1. The van der Waals surface area contributed by atoms with Crippen molar-refractivity contribution in [2.75, 3.05) is 7.11 Å². The van der Waals surface area contributed by atoms with Crippen LogP contribution in [0.5, 0.6) is 5.75 Å². The lowest BCUT2D eigenvalue weighted by Crippen LogP contribution is -2.23. The summed E-state index contributed by atoms with van der Waals surface area (Å²) >= 11 is 3.50. The van der Waals surface area contributed by atoms with E-state index >= 15 is 0 Å². The number of aryl methyl sites for hydroxylation is 1. The molecular weight excluding hydrogens is 326 g/mol. The van der Waals surface area contributed by atoms with Crippen LogP contribution >= 0.6 is 15.9 Å². The van der Waals surface area contributed by atoms with Crippen LogP contribution in [0.4, 0.5) is 0 Å². The van der Waals surface area contributed by atoms with Crippen molar-refractivity contribution in [2.24, 2.45) is 5.73 Å². The number of benzene rings is 2. The first-order valence-electron chi connectivity index (χ1n) is 7.31. The van der Waals surface area contributed by atoms with Gasteiger partial charge in [0.05, 0.1) is 7.11 Å². The SMILES string of the molecule is COc1ccc(Br)cc1CC(N)CCCc1ccccc1. The van der Waals surface area contributed by atoms with Crippen molar-refractivity contribution < 1.29 is 4.74 Å². The second-order valence-electron chi connectivity index (χ2n) is 5.30. The number of rotatable bonds is 7. The second-order valence-corrected chi connectivity index (χ2v) is 6.21. The van der Waals surface area contributed by atoms with Gasteiger partial charge in [-0.25, -0.2) is 0 Å². The van der Waals surface area contributed by atoms with E-state index in [1.165, 1.54) is 11.1 Å². The minimum atomic E-state index is 0.164. The molecular formula is C18H22BrNO. The Morgan fingerprint density at radius 3 is 2.62 bits per heavy atom. The number of halogens is 1. The topological polar surface area (TPSA) is 35.2 Å². The molecule has 0 heterocycles. The van der Waals surface area contributed by atoms with E-state index in [1.54, 1.807) is 7.11 Å². The molecule has 0 aliphatic heterocycles. The van der Waals surface area contributed by atoms with Crippen molar-refractivity contribution in [2.45, 2.75) is 31.7 Å².